The molecule has 0 fully saturated rings. The summed E-state index contributed by atoms with van der Waals surface area (Å²) in [6.07, 6.45) is 3.29. The first-order valence-corrected chi connectivity index (χ1v) is 8.67. The summed E-state index contributed by atoms with van der Waals surface area (Å²) in [5.74, 6) is -0.0429. The van der Waals surface area contributed by atoms with E-state index in [4.69, 9.17) is 5.11 Å². The third-order valence-electron chi connectivity index (χ3n) is 3.79. The van der Waals surface area contributed by atoms with Gasteiger partial charge in [0.2, 0.25) is 0 Å². The minimum Gasteiger partial charge on any atom is -0.396 e. The van der Waals surface area contributed by atoms with Crippen LogP contribution in [0.25, 0.3) is 0 Å². The molecule has 1 aromatic carbocycles. The maximum absolute atomic E-state index is 13.6. The second kappa shape index (κ2) is 11.8. The fourth-order valence-electron chi connectivity index (χ4n) is 2.52. The van der Waals surface area contributed by atoms with E-state index in [-0.39, 0.29) is 6.61 Å². The van der Waals surface area contributed by atoms with Gasteiger partial charge in [0.15, 0.2) is 5.96 Å². The number of rotatable bonds is 10. The Hall–Kier alpha value is -1.69. The van der Waals surface area contributed by atoms with Crippen LogP contribution in [0.15, 0.2) is 23.2 Å². The number of benzene rings is 1. The lowest BCUT2D eigenvalue weighted by Crippen LogP contribution is -2.38. The first-order valence-electron chi connectivity index (χ1n) is 8.67. The molecule has 1 atom stereocenters. The molecule has 0 spiro atoms. The monoisotopic (exact) mass is 341 g/mol. The molecule has 0 aliphatic carbocycles. The molecular formula is C18H29F2N3O. The summed E-state index contributed by atoms with van der Waals surface area (Å²) in [6, 6.07) is 3.63. The van der Waals surface area contributed by atoms with Crippen LogP contribution in [-0.2, 0) is 6.42 Å². The largest absolute Gasteiger partial charge is 0.396 e. The van der Waals surface area contributed by atoms with Crippen LogP contribution in [0.3, 0.4) is 0 Å². The lowest BCUT2D eigenvalue weighted by atomic mass is 10.0. The van der Waals surface area contributed by atoms with E-state index in [1.807, 2.05) is 6.92 Å². The molecule has 0 radical (unpaired) electrons. The predicted octanol–water partition coefficient (Wildman–Crippen LogP) is 2.86. The molecule has 0 bridgehead atoms. The molecule has 3 N–H and O–H groups in total. The van der Waals surface area contributed by atoms with Gasteiger partial charge in [0.25, 0.3) is 0 Å². The molecule has 0 aliphatic rings. The lowest BCUT2D eigenvalue weighted by Gasteiger charge is -2.15. The van der Waals surface area contributed by atoms with Crippen molar-refractivity contribution in [2.75, 3.05) is 26.2 Å². The van der Waals surface area contributed by atoms with Crippen LogP contribution in [0.4, 0.5) is 8.78 Å². The van der Waals surface area contributed by atoms with Gasteiger partial charge in [-0.05, 0) is 43.7 Å². The van der Waals surface area contributed by atoms with E-state index in [0.717, 1.165) is 31.9 Å². The number of hydrogen-bond donors (Lipinski definition) is 3. The van der Waals surface area contributed by atoms with Crippen molar-refractivity contribution in [1.29, 1.82) is 0 Å². The molecule has 0 saturated carbocycles. The van der Waals surface area contributed by atoms with Crippen molar-refractivity contribution in [2.45, 2.75) is 39.5 Å². The van der Waals surface area contributed by atoms with Gasteiger partial charge in [-0.25, -0.2) is 8.78 Å². The molecule has 24 heavy (non-hydrogen) atoms. The van der Waals surface area contributed by atoms with Gasteiger partial charge < -0.3 is 15.7 Å². The second-order valence-electron chi connectivity index (χ2n) is 5.80. The van der Waals surface area contributed by atoms with Crippen LogP contribution in [-0.4, -0.2) is 37.3 Å². The SMILES string of the molecule is CCCC(CCO)CN=C(NCC)NCCc1ccc(F)cc1F. The molecule has 0 aromatic heterocycles. The third kappa shape index (κ3) is 7.73. The zero-order chi connectivity index (χ0) is 17.8. The molecule has 6 heteroatoms. The van der Waals surface area contributed by atoms with Crippen molar-refractivity contribution in [3.63, 3.8) is 0 Å². The molecule has 1 rings (SSSR count). The molecule has 1 aromatic rings. The fourth-order valence-corrected chi connectivity index (χ4v) is 2.52. The Bertz CT molecular complexity index is 503. The van der Waals surface area contributed by atoms with Gasteiger partial charge in [0.1, 0.15) is 11.6 Å². The van der Waals surface area contributed by atoms with E-state index < -0.39 is 11.6 Å². The highest BCUT2D eigenvalue weighted by Crippen LogP contribution is 2.11. The second-order valence-corrected chi connectivity index (χ2v) is 5.80. The number of guanidine groups is 1. The highest BCUT2D eigenvalue weighted by Gasteiger charge is 2.08. The number of aliphatic hydroxyl groups excluding tert-OH is 1. The summed E-state index contributed by atoms with van der Waals surface area (Å²) in [4.78, 5) is 4.55. The Kier molecular flexibility index (Phi) is 10.00. The molecule has 136 valence electrons. The lowest BCUT2D eigenvalue weighted by molar-refractivity contribution is 0.253. The van der Waals surface area contributed by atoms with Crippen molar-refractivity contribution in [2.24, 2.45) is 10.9 Å². The highest BCUT2D eigenvalue weighted by atomic mass is 19.1. The van der Waals surface area contributed by atoms with Crippen LogP contribution in [0.1, 0.15) is 38.7 Å². The van der Waals surface area contributed by atoms with Gasteiger partial charge in [-0.15, -0.1) is 0 Å². The summed E-state index contributed by atoms with van der Waals surface area (Å²) in [6.45, 7) is 6.16. The van der Waals surface area contributed by atoms with Crippen molar-refractivity contribution in [1.82, 2.24) is 10.6 Å². The predicted molar refractivity (Wildman–Crippen MR) is 94.1 cm³/mol. The standard InChI is InChI=1S/C18H29F2N3O/c1-3-5-14(9-11-24)13-23-18(21-4-2)22-10-8-15-6-7-16(19)12-17(15)20/h6-7,12,14,24H,3-5,8-11,13H2,1-2H3,(H2,21,22,23). The van der Waals surface area contributed by atoms with E-state index in [0.29, 0.717) is 37.0 Å². The Morgan fingerprint density at radius 3 is 2.62 bits per heavy atom. The van der Waals surface area contributed by atoms with E-state index in [9.17, 15) is 8.78 Å². The zero-order valence-electron chi connectivity index (χ0n) is 14.6. The van der Waals surface area contributed by atoms with Crippen LogP contribution in [0, 0.1) is 17.6 Å². The van der Waals surface area contributed by atoms with Gasteiger partial charge in [-0.1, -0.05) is 19.4 Å². The normalized spacial score (nSPS) is 13.0. The van der Waals surface area contributed by atoms with Crippen molar-refractivity contribution < 1.29 is 13.9 Å². The van der Waals surface area contributed by atoms with Crippen molar-refractivity contribution in [3.8, 4) is 0 Å². The first kappa shape index (κ1) is 20.4. The van der Waals surface area contributed by atoms with Crippen molar-refractivity contribution >= 4 is 5.96 Å². The molecule has 1 unspecified atom stereocenters. The summed E-state index contributed by atoms with van der Waals surface area (Å²) in [5.41, 5.74) is 0.476. The number of nitrogens with zero attached hydrogens (tertiary/aromatic N) is 1. The number of hydrogen-bond acceptors (Lipinski definition) is 2. The summed E-state index contributed by atoms with van der Waals surface area (Å²) in [5, 5.41) is 15.4. The fraction of sp³-hybridized carbons (Fsp3) is 0.611. The maximum atomic E-state index is 13.6. The van der Waals surface area contributed by atoms with Gasteiger partial charge in [-0.2, -0.15) is 0 Å². The summed E-state index contributed by atoms with van der Waals surface area (Å²) in [7, 11) is 0. The molecule has 0 heterocycles. The third-order valence-corrected chi connectivity index (χ3v) is 3.79. The van der Waals surface area contributed by atoms with Crippen molar-refractivity contribution in [3.05, 3.63) is 35.4 Å². The maximum Gasteiger partial charge on any atom is 0.191 e. The summed E-state index contributed by atoms with van der Waals surface area (Å²) < 4.78 is 26.5. The molecular weight excluding hydrogens is 312 g/mol. The van der Waals surface area contributed by atoms with Gasteiger partial charge in [-0.3, -0.25) is 4.99 Å². The van der Waals surface area contributed by atoms with Crippen LogP contribution in [0.5, 0.6) is 0 Å². The quantitative estimate of drug-likeness (QED) is 0.453. The smallest absolute Gasteiger partial charge is 0.191 e. The van der Waals surface area contributed by atoms with Gasteiger partial charge in [0.05, 0.1) is 0 Å². The summed E-state index contributed by atoms with van der Waals surface area (Å²) >= 11 is 0. The van der Waals surface area contributed by atoms with E-state index in [1.54, 1.807) is 0 Å². The number of nitrogens with one attached hydrogen (secondary N) is 2. The zero-order valence-corrected chi connectivity index (χ0v) is 14.6. The Labute approximate surface area is 143 Å². The molecule has 0 aliphatic heterocycles. The molecule has 4 nitrogen and oxygen atoms in total. The van der Waals surface area contributed by atoms with Crippen LogP contribution < -0.4 is 10.6 Å². The van der Waals surface area contributed by atoms with E-state index in [1.165, 1.54) is 12.1 Å². The minimum atomic E-state index is -0.565. The van der Waals surface area contributed by atoms with Crippen LogP contribution >= 0.6 is 0 Å². The van der Waals surface area contributed by atoms with E-state index in [2.05, 4.69) is 22.5 Å². The number of aliphatic imine (C=N–C) groups is 1. The Morgan fingerprint density at radius 1 is 1.21 bits per heavy atom. The molecule has 0 amide bonds. The van der Waals surface area contributed by atoms with Crippen LogP contribution in [0.2, 0.25) is 0 Å². The van der Waals surface area contributed by atoms with Gasteiger partial charge >= 0.3 is 0 Å². The molecule has 0 saturated heterocycles. The van der Waals surface area contributed by atoms with E-state index >= 15 is 0 Å². The average molecular weight is 341 g/mol. The number of aliphatic hydroxyl groups is 1. The highest BCUT2D eigenvalue weighted by molar-refractivity contribution is 5.79. The average Bonchev–Trinajstić information content (AvgIpc) is 2.54. The Balaban J connectivity index is 2.53. The first-order chi connectivity index (χ1) is 11.6. The Morgan fingerprint density at radius 2 is 2.00 bits per heavy atom. The van der Waals surface area contributed by atoms with Gasteiger partial charge in [0, 0.05) is 32.3 Å². The topological polar surface area (TPSA) is 56.7 Å². The minimum absolute atomic E-state index is 0.175. The number of halogens is 2.